The minimum absolute atomic E-state index is 0.182. The molecular formula is C18H34O4. The number of aliphatic hydroxyl groups is 2. The van der Waals surface area contributed by atoms with Gasteiger partial charge < -0.3 is 15.3 Å². The highest BCUT2D eigenvalue weighted by Crippen LogP contribution is 2.53. The predicted octanol–water partition coefficient (Wildman–Crippen LogP) is 3.45. The molecule has 4 nitrogen and oxygen atoms in total. The van der Waals surface area contributed by atoms with Crippen molar-refractivity contribution in [3.8, 4) is 0 Å². The number of hydrogen-bond donors (Lipinski definition) is 3. The minimum Gasteiger partial charge on any atom is -0.481 e. The van der Waals surface area contributed by atoms with Crippen LogP contribution < -0.4 is 0 Å². The molecule has 3 N–H and O–H groups in total. The number of carbonyl (C=O) groups is 1. The van der Waals surface area contributed by atoms with Crippen molar-refractivity contribution in [2.24, 2.45) is 22.7 Å². The van der Waals surface area contributed by atoms with Crippen LogP contribution >= 0.6 is 0 Å². The molecule has 2 aliphatic carbocycles. The maximum absolute atomic E-state index is 10.7. The van der Waals surface area contributed by atoms with Gasteiger partial charge in [0.2, 0.25) is 0 Å². The minimum atomic E-state index is -0.736. The summed E-state index contributed by atoms with van der Waals surface area (Å²) in [6, 6.07) is 0. The van der Waals surface area contributed by atoms with Crippen molar-refractivity contribution in [1.82, 2.24) is 0 Å². The summed E-state index contributed by atoms with van der Waals surface area (Å²) in [4.78, 5) is 10.7. The number of carboxylic acid groups (broad SMARTS) is 1. The maximum atomic E-state index is 10.7. The van der Waals surface area contributed by atoms with Crippen LogP contribution in [-0.2, 0) is 4.79 Å². The SMILES string of the molecule is CC(C)(C)C(C)(C)C(=O)O.CC1CC2CC(C)(O)CC2(O)C1. The molecule has 0 amide bonds. The molecule has 0 spiro atoms. The second-order valence-corrected chi connectivity index (χ2v) is 9.40. The summed E-state index contributed by atoms with van der Waals surface area (Å²) in [7, 11) is 0. The van der Waals surface area contributed by atoms with Crippen LogP contribution in [0.25, 0.3) is 0 Å². The van der Waals surface area contributed by atoms with Gasteiger partial charge in [0.05, 0.1) is 16.6 Å². The van der Waals surface area contributed by atoms with E-state index in [1.807, 2.05) is 27.7 Å². The molecule has 0 bridgehead atoms. The molecule has 4 unspecified atom stereocenters. The van der Waals surface area contributed by atoms with E-state index in [4.69, 9.17) is 5.11 Å². The van der Waals surface area contributed by atoms with Crippen LogP contribution in [0.5, 0.6) is 0 Å². The average Bonchev–Trinajstić information content (AvgIpc) is 2.60. The fourth-order valence-electron chi connectivity index (χ4n) is 3.63. The van der Waals surface area contributed by atoms with Gasteiger partial charge in [0.15, 0.2) is 0 Å². The van der Waals surface area contributed by atoms with Crippen molar-refractivity contribution in [2.45, 2.75) is 85.4 Å². The van der Waals surface area contributed by atoms with Crippen molar-refractivity contribution >= 4 is 5.97 Å². The number of fused-ring (bicyclic) bond motifs is 1. The summed E-state index contributed by atoms with van der Waals surface area (Å²) in [5, 5.41) is 28.7. The third kappa shape index (κ3) is 4.02. The van der Waals surface area contributed by atoms with Gasteiger partial charge in [-0.1, -0.05) is 27.7 Å². The Morgan fingerprint density at radius 2 is 1.59 bits per heavy atom. The van der Waals surface area contributed by atoms with Crippen LogP contribution in [0.4, 0.5) is 0 Å². The van der Waals surface area contributed by atoms with E-state index < -0.39 is 22.6 Å². The van der Waals surface area contributed by atoms with E-state index in [1.165, 1.54) is 0 Å². The van der Waals surface area contributed by atoms with Crippen molar-refractivity contribution in [1.29, 1.82) is 0 Å². The van der Waals surface area contributed by atoms with E-state index in [0.29, 0.717) is 18.3 Å². The van der Waals surface area contributed by atoms with E-state index in [-0.39, 0.29) is 5.41 Å². The van der Waals surface area contributed by atoms with Crippen LogP contribution in [0.15, 0.2) is 0 Å². The van der Waals surface area contributed by atoms with Gasteiger partial charge in [-0.05, 0) is 57.3 Å². The van der Waals surface area contributed by atoms with Crippen molar-refractivity contribution < 1.29 is 20.1 Å². The molecule has 0 radical (unpaired) electrons. The first kappa shape index (κ1) is 19.4. The lowest BCUT2D eigenvalue weighted by Gasteiger charge is -2.34. The molecule has 0 aromatic carbocycles. The van der Waals surface area contributed by atoms with Crippen molar-refractivity contribution in [3.63, 3.8) is 0 Å². The molecule has 22 heavy (non-hydrogen) atoms. The van der Waals surface area contributed by atoms with E-state index in [1.54, 1.807) is 13.8 Å². The number of carboxylic acids is 1. The molecule has 130 valence electrons. The zero-order chi connectivity index (χ0) is 17.6. The largest absolute Gasteiger partial charge is 0.481 e. The zero-order valence-electron chi connectivity index (χ0n) is 15.2. The fraction of sp³-hybridized carbons (Fsp3) is 0.944. The van der Waals surface area contributed by atoms with Crippen molar-refractivity contribution in [2.75, 3.05) is 0 Å². The Balaban J connectivity index is 0.000000225. The Labute approximate surface area is 134 Å². The molecule has 0 heterocycles. The summed E-state index contributed by atoms with van der Waals surface area (Å²) >= 11 is 0. The number of rotatable bonds is 1. The van der Waals surface area contributed by atoms with Crippen LogP contribution in [0, 0.1) is 22.7 Å². The fourth-order valence-corrected chi connectivity index (χ4v) is 3.63. The molecule has 0 aliphatic heterocycles. The molecule has 0 aromatic rings. The van der Waals surface area contributed by atoms with Gasteiger partial charge in [-0.3, -0.25) is 4.79 Å². The third-order valence-corrected chi connectivity index (χ3v) is 5.93. The van der Waals surface area contributed by atoms with E-state index in [9.17, 15) is 15.0 Å². The monoisotopic (exact) mass is 314 g/mol. The molecule has 2 rings (SSSR count). The molecule has 4 heteroatoms. The van der Waals surface area contributed by atoms with Gasteiger partial charge in [-0.2, -0.15) is 0 Å². The van der Waals surface area contributed by atoms with Crippen LogP contribution in [0.2, 0.25) is 0 Å². The Morgan fingerprint density at radius 1 is 1.09 bits per heavy atom. The van der Waals surface area contributed by atoms with Crippen LogP contribution in [-0.4, -0.2) is 32.5 Å². The smallest absolute Gasteiger partial charge is 0.309 e. The van der Waals surface area contributed by atoms with E-state index in [2.05, 4.69) is 6.92 Å². The van der Waals surface area contributed by atoms with Gasteiger partial charge in [0.1, 0.15) is 0 Å². The summed E-state index contributed by atoms with van der Waals surface area (Å²) in [6.07, 6.45) is 3.34. The topological polar surface area (TPSA) is 77.8 Å². The highest BCUT2D eigenvalue weighted by atomic mass is 16.4. The third-order valence-electron chi connectivity index (χ3n) is 5.93. The Hall–Kier alpha value is -0.610. The molecule has 2 aliphatic rings. The molecule has 2 fully saturated rings. The molecule has 4 atom stereocenters. The lowest BCUT2D eigenvalue weighted by atomic mass is 9.69. The predicted molar refractivity (Wildman–Crippen MR) is 87.6 cm³/mol. The van der Waals surface area contributed by atoms with Gasteiger partial charge in [-0.25, -0.2) is 0 Å². The molecule has 0 saturated heterocycles. The Morgan fingerprint density at radius 3 is 1.91 bits per heavy atom. The van der Waals surface area contributed by atoms with Gasteiger partial charge in [0, 0.05) is 6.42 Å². The quantitative estimate of drug-likeness (QED) is 0.692. The second kappa shape index (κ2) is 5.79. The van der Waals surface area contributed by atoms with Gasteiger partial charge in [0.25, 0.3) is 0 Å². The van der Waals surface area contributed by atoms with Gasteiger partial charge >= 0.3 is 5.97 Å². The highest BCUT2D eigenvalue weighted by molar-refractivity contribution is 5.74. The molecule has 0 aromatic heterocycles. The second-order valence-electron chi connectivity index (χ2n) is 9.40. The van der Waals surface area contributed by atoms with Crippen LogP contribution in [0.1, 0.15) is 74.1 Å². The summed E-state index contributed by atoms with van der Waals surface area (Å²) in [5.74, 6) is 0.249. The molecule has 2 saturated carbocycles. The van der Waals surface area contributed by atoms with Gasteiger partial charge in [-0.15, -0.1) is 0 Å². The highest BCUT2D eigenvalue weighted by Gasteiger charge is 2.55. The zero-order valence-corrected chi connectivity index (χ0v) is 15.2. The normalized spacial score (nSPS) is 38.2. The van der Waals surface area contributed by atoms with E-state index >= 15 is 0 Å². The van der Waals surface area contributed by atoms with Crippen molar-refractivity contribution in [3.05, 3.63) is 0 Å². The Bertz CT molecular complexity index is 419. The first-order chi connectivity index (χ1) is 9.61. The first-order valence-electron chi connectivity index (χ1n) is 8.29. The lowest BCUT2D eigenvalue weighted by molar-refractivity contribution is -0.153. The summed E-state index contributed by atoms with van der Waals surface area (Å²) < 4.78 is 0. The number of hydrogen-bond acceptors (Lipinski definition) is 3. The average molecular weight is 314 g/mol. The van der Waals surface area contributed by atoms with E-state index in [0.717, 1.165) is 19.3 Å². The standard InChI is InChI=1S/C10H18O2.C8H16O2/c1-7-3-8-5-9(2,11)6-10(8,12)4-7;1-7(2,3)8(4,5)6(9)10/h7-8,11-12H,3-6H2,1-2H3;1-5H3,(H,9,10). The summed E-state index contributed by atoms with van der Waals surface area (Å²) in [6.45, 7) is 13.3. The lowest BCUT2D eigenvalue weighted by Crippen LogP contribution is -2.37. The Kier molecular flexibility index (Phi) is 5.11. The summed E-state index contributed by atoms with van der Waals surface area (Å²) in [5.41, 5.74) is -1.98. The maximum Gasteiger partial charge on any atom is 0.309 e. The molecular weight excluding hydrogens is 280 g/mol. The number of aliphatic carboxylic acids is 1. The first-order valence-corrected chi connectivity index (χ1v) is 8.29. The van der Waals surface area contributed by atoms with Crippen LogP contribution in [0.3, 0.4) is 0 Å².